The van der Waals surface area contributed by atoms with Gasteiger partial charge in [-0.25, -0.2) is 0 Å². The van der Waals surface area contributed by atoms with Gasteiger partial charge in [-0.1, -0.05) is 34.1 Å². The molecule has 0 aromatic heterocycles. The van der Waals surface area contributed by atoms with E-state index in [9.17, 15) is 4.79 Å². The summed E-state index contributed by atoms with van der Waals surface area (Å²) in [5.74, 6) is 0.528. The van der Waals surface area contributed by atoms with E-state index in [1.54, 1.807) is 25.3 Å². The van der Waals surface area contributed by atoms with Crippen molar-refractivity contribution in [1.82, 2.24) is 5.32 Å². The Kier molecular flexibility index (Phi) is 4.85. The fourth-order valence-corrected chi connectivity index (χ4v) is 2.46. The van der Waals surface area contributed by atoms with Crippen LogP contribution in [-0.2, 0) is 0 Å². The Morgan fingerprint density at radius 2 is 2.00 bits per heavy atom. The second kappa shape index (κ2) is 6.63. The number of carbonyl (C=O) groups is 1. The average molecular weight is 349 g/mol. The quantitative estimate of drug-likeness (QED) is 0.830. The van der Waals surface area contributed by atoms with Crippen LogP contribution in [0.4, 0.5) is 5.69 Å². The van der Waals surface area contributed by atoms with Gasteiger partial charge in [-0.3, -0.25) is 4.79 Å². The first kappa shape index (κ1) is 15.4. The molecule has 0 spiro atoms. The van der Waals surface area contributed by atoms with Crippen LogP contribution in [0.3, 0.4) is 0 Å². The van der Waals surface area contributed by atoms with Crippen LogP contribution in [0.5, 0.6) is 5.75 Å². The van der Waals surface area contributed by atoms with E-state index < -0.39 is 0 Å². The molecule has 0 aliphatic heterocycles. The SMILES string of the molecule is COc1ccccc1[C@@H](C)NC(=O)c1cc(Br)ccc1N. The number of methoxy groups -OCH3 is 1. The molecule has 0 saturated carbocycles. The average Bonchev–Trinajstić information content (AvgIpc) is 2.49. The predicted molar refractivity (Wildman–Crippen MR) is 87.4 cm³/mol. The van der Waals surface area contributed by atoms with Crippen LogP contribution < -0.4 is 15.8 Å². The third-order valence-corrected chi connectivity index (χ3v) is 3.71. The zero-order chi connectivity index (χ0) is 15.4. The van der Waals surface area contributed by atoms with Crippen LogP contribution in [0.1, 0.15) is 28.9 Å². The minimum absolute atomic E-state index is 0.188. The molecular formula is C16H17BrN2O2. The van der Waals surface area contributed by atoms with Crippen molar-refractivity contribution in [1.29, 1.82) is 0 Å². The maximum Gasteiger partial charge on any atom is 0.253 e. The molecule has 5 heteroatoms. The van der Waals surface area contributed by atoms with Crippen LogP contribution in [-0.4, -0.2) is 13.0 Å². The van der Waals surface area contributed by atoms with Crippen molar-refractivity contribution in [2.24, 2.45) is 0 Å². The Morgan fingerprint density at radius 3 is 2.71 bits per heavy atom. The molecule has 1 atom stereocenters. The van der Waals surface area contributed by atoms with E-state index in [1.807, 2.05) is 31.2 Å². The number of amides is 1. The maximum atomic E-state index is 12.3. The molecule has 2 rings (SSSR count). The zero-order valence-corrected chi connectivity index (χ0v) is 13.5. The van der Waals surface area contributed by atoms with Gasteiger partial charge in [0.1, 0.15) is 5.75 Å². The number of ether oxygens (including phenoxy) is 1. The molecule has 1 amide bonds. The molecule has 2 aromatic carbocycles. The Balaban J connectivity index is 2.21. The largest absolute Gasteiger partial charge is 0.496 e. The van der Waals surface area contributed by atoms with E-state index in [4.69, 9.17) is 10.5 Å². The summed E-state index contributed by atoms with van der Waals surface area (Å²) in [6.07, 6.45) is 0. The monoisotopic (exact) mass is 348 g/mol. The number of halogens is 1. The highest BCUT2D eigenvalue weighted by molar-refractivity contribution is 9.10. The van der Waals surface area contributed by atoms with Gasteiger partial charge in [0.25, 0.3) is 5.91 Å². The molecule has 0 aliphatic carbocycles. The van der Waals surface area contributed by atoms with Gasteiger partial charge in [-0.15, -0.1) is 0 Å². The van der Waals surface area contributed by atoms with E-state index in [0.29, 0.717) is 11.3 Å². The van der Waals surface area contributed by atoms with Gasteiger partial charge >= 0.3 is 0 Å². The van der Waals surface area contributed by atoms with E-state index in [0.717, 1.165) is 15.8 Å². The fraction of sp³-hybridized carbons (Fsp3) is 0.188. The lowest BCUT2D eigenvalue weighted by atomic mass is 10.1. The number of nitrogen functional groups attached to an aromatic ring is 1. The van der Waals surface area contributed by atoms with Crippen molar-refractivity contribution in [2.45, 2.75) is 13.0 Å². The Bertz CT molecular complexity index is 658. The normalized spacial score (nSPS) is 11.8. The van der Waals surface area contributed by atoms with Crippen LogP contribution >= 0.6 is 15.9 Å². The first-order valence-electron chi connectivity index (χ1n) is 6.51. The number of hydrogen-bond donors (Lipinski definition) is 2. The summed E-state index contributed by atoms with van der Waals surface area (Å²) in [7, 11) is 1.61. The fourth-order valence-electron chi connectivity index (χ4n) is 2.10. The topological polar surface area (TPSA) is 64.3 Å². The highest BCUT2D eigenvalue weighted by Crippen LogP contribution is 2.25. The molecule has 0 bridgehead atoms. The summed E-state index contributed by atoms with van der Waals surface area (Å²) in [6, 6.07) is 12.6. The van der Waals surface area contributed by atoms with Crippen LogP contribution in [0.15, 0.2) is 46.9 Å². The van der Waals surface area contributed by atoms with Crippen molar-refractivity contribution in [3.8, 4) is 5.75 Å². The molecule has 110 valence electrons. The number of para-hydroxylation sites is 1. The molecule has 0 unspecified atom stereocenters. The summed E-state index contributed by atoms with van der Waals surface area (Å²) in [6.45, 7) is 1.91. The summed E-state index contributed by atoms with van der Waals surface area (Å²) in [5, 5.41) is 2.94. The number of anilines is 1. The van der Waals surface area contributed by atoms with Crippen molar-refractivity contribution < 1.29 is 9.53 Å². The summed E-state index contributed by atoms with van der Waals surface area (Å²) in [5.41, 5.74) is 7.67. The summed E-state index contributed by atoms with van der Waals surface area (Å²) in [4.78, 5) is 12.3. The van der Waals surface area contributed by atoms with Gasteiger partial charge in [-0.2, -0.15) is 0 Å². The lowest BCUT2D eigenvalue weighted by Gasteiger charge is -2.18. The molecular weight excluding hydrogens is 332 g/mol. The zero-order valence-electron chi connectivity index (χ0n) is 11.9. The lowest BCUT2D eigenvalue weighted by molar-refractivity contribution is 0.0940. The second-order valence-electron chi connectivity index (χ2n) is 4.67. The minimum Gasteiger partial charge on any atom is -0.496 e. The molecule has 0 radical (unpaired) electrons. The Morgan fingerprint density at radius 1 is 1.29 bits per heavy atom. The number of nitrogens with two attached hydrogens (primary N) is 1. The number of hydrogen-bond acceptors (Lipinski definition) is 3. The Hall–Kier alpha value is -2.01. The van der Waals surface area contributed by atoms with Gasteiger partial charge in [0, 0.05) is 15.7 Å². The van der Waals surface area contributed by atoms with Crippen molar-refractivity contribution >= 4 is 27.5 Å². The highest BCUT2D eigenvalue weighted by Gasteiger charge is 2.16. The van der Waals surface area contributed by atoms with Crippen molar-refractivity contribution in [2.75, 3.05) is 12.8 Å². The molecule has 0 fully saturated rings. The highest BCUT2D eigenvalue weighted by atomic mass is 79.9. The number of benzene rings is 2. The van der Waals surface area contributed by atoms with E-state index in [-0.39, 0.29) is 11.9 Å². The van der Waals surface area contributed by atoms with Crippen molar-refractivity contribution in [3.63, 3.8) is 0 Å². The second-order valence-corrected chi connectivity index (χ2v) is 5.58. The first-order valence-corrected chi connectivity index (χ1v) is 7.31. The van der Waals surface area contributed by atoms with E-state index >= 15 is 0 Å². The molecule has 4 nitrogen and oxygen atoms in total. The predicted octanol–water partition coefficient (Wildman–Crippen LogP) is 3.53. The van der Waals surface area contributed by atoms with Gasteiger partial charge in [-0.05, 0) is 31.2 Å². The van der Waals surface area contributed by atoms with Crippen LogP contribution in [0.25, 0.3) is 0 Å². The third kappa shape index (κ3) is 3.55. The smallest absolute Gasteiger partial charge is 0.253 e. The number of rotatable bonds is 4. The summed E-state index contributed by atoms with van der Waals surface area (Å²) >= 11 is 3.34. The standard InChI is InChI=1S/C16H17BrN2O2/c1-10(12-5-3-4-6-15(12)21-2)19-16(20)13-9-11(17)7-8-14(13)18/h3-10H,18H2,1-2H3,(H,19,20)/t10-/m1/s1. The van der Waals surface area contributed by atoms with Gasteiger partial charge in [0.05, 0.1) is 18.7 Å². The molecule has 2 aromatic rings. The Labute approximate surface area is 132 Å². The maximum absolute atomic E-state index is 12.3. The van der Waals surface area contributed by atoms with E-state index in [1.165, 1.54) is 0 Å². The molecule has 0 saturated heterocycles. The van der Waals surface area contributed by atoms with Gasteiger partial charge in [0.15, 0.2) is 0 Å². The summed E-state index contributed by atoms with van der Waals surface area (Å²) < 4.78 is 6.12. The third-order valence-electron chi connectivity index (χ3n) is 3.21. The van der Waals surface area contributed by atoms with Crippen LogP contribution in [0.2, 0.25) is 0 Å². The molecule has 3 N–H and O–H groups in total. The van der Waals surface area contributed by atoms with Gasteiger partial charge in [0.2, 0.25) is 0 Å². The van der Waals surface area contributed by atoms with Gasteiger partial charge < -0.3 is 15.8 Å². The van der Waals surface area contributed by atoms with Crippen LogP contribution in [0, 0.1) is 0 Å². The number of carbonyl (C=O) groups excluding carboxylic acids is 1. The first-order chi connectivity index (χ1) is 10.0. The van der Waals surface area contributed by atoms with E-state index in [2.05, 4.69) is 21.2 Å². The minimum atomic E-state index is -0.216. The molecule has 0 aliphatic rings. The number of nitrogens with one attached hydrogen (secondary N) is 1. The lowest BCUT2D eigenvalue weighted by Crippen LogP contribution is -2.27. The molecule has 0 heterocycles. The molecule has 21 heavy (non-hydrogen) atoms. The van der Waals surface area contributed by atoms with Crippen molar-refractivity contribution in [3.05, 3.63) is 58.1 Å².